The summed E-state index contributed by atoms with van der Waals surface area (Å²) < 4.78 is 5.15. The molecule has 3 nitrogen and oxygen atoms in total. The van der Waals surface area contributed by atoms with Gasteiger partial charge in [-0.05, 0) is 37.5 Å². The smallest absolute Gasteiger partial charge is 0.182 e. The molecule has 18 heavy (non-hydrogen) atoms. The number of aryl methyl sites for hydroxylation is 3. The Morgan fingerprint density at radius 3 is 2.50 bits per heavy atom. The predicted molar refractivity (Wildman–Crippen MR) is 76.8 cm³/mol. The van der Waals surface area contributed by atoms with E-state index in [9.17, 15) is 0 Å². The predicted octanol–water partition coefficient (Wildman–Crippen LogP) is 3.29. The van der Waals surface area contributed by atoms with Gasteiger partial charge in [-0.3, -0.25) is 0 Å². The van der Waals surface area contributed by atoms with Crippen LogP contribution in [0, 0.1) is 6.92 Å². The minimum absolute atomic E-state index is 0.904. The Morgan fingerprint density at radius 2 is 1.94 bits per heavy atom. The van der Waals surface area contributed by atoms with E-state index in [0.29, 0.717) is 0 Å². The summed E-state index contributed by atoms with van der Waals surface area (Å²) in [4.78, 5) is 5.86. The molecule has 2 aromatic rings. The standard InChI is InChI=1S/C14H18N2OS/c1-10-13(16-14(15-2)18-10)9-6-11-4-7-12(17-3)8-5-11/h4-5,7-8H,6,9H2,1-3H3,(H,15,16). The summed E-state index contributed by atoms with van der Waals surface area (Å²) in [5.41, 5.74) is 2.51. The number of hydrogen-bond acceptors (Lipinski definition) is 4. The van der Waals surface area contributed by atoms with Gasteiger partial charge in [0, 0.05) is 11.9 Å². The van der Waals surface area contributed by atoms with Crippen molar-refractivity contribution in [2.75, 3.05) is 19.5 Å². The van der Waals surface area contributed by atoms with Crippen molar-refractivity contribution in [3.05, 3.63) is 40.4 Å². The van der Waals surface area contributed by atoms with Gasteiger partial charge < -0.3 is 10.1 Å². The van der Waals surface area contributed by atoms with E-state index in [1.54, 1.807) is 18.4 Å². The van der Waals surface area contributed by atoms with Crippen LogP contribution < -0.4 is 10.1 Å². The molecule has 2 rings (SSSR count). The molecule has 0 fully saturated rings. The zero-order chi connectivity index (χ0) is 13.0. The quantitative estimate of drug-likeness (QED) is 0.898. The Bertz CT molecular complexity index is 505. The van der Waals surface area contributed by atoms with Gasteiger partial charge in [0.25, 0.3) is 0 Å². The molecule has 0 radical (unpaired) electrons. The third-order valence-corrected chi connectivity index (χ3v) is 3.95. The molecule has 0 atom stereocenters. The second kappa shape index (κ2) is 5.87. The maximum absolute atomic E-state index is 5.15. The maximum Gasteiger partial charge on any atom is 0.182 e. The van der Waals surface area contributed by atoms with Crippen molar-refractivity contribution in [2.45, 2.75) is 19.8 Å². The van der Waals surface area contributed by atoms with E-state index in [2.05, 4.69) is 29.4 Å². The number of methoxy groups -OCH3 is 1. The lowest BCUT2D eigenvalue weighted by Gasteiger charge is -2.03. The normalized spacial score (nSPS) is 10.4. The summed E-state index contributed by atoms with van der Waals surface area (Å²) in [7, 11) is 3.60. The number of rotatable bonds is 5. The van der Waals surface area contributed by atoms with E-state index in [0.717, 1.165) is 23.7 Å². The van der Waals surface area contributed by atoms with Crippen LogP contribution in [0.2, 0.25) is 0 Å². The minimum Gasteiger partial charge on any atom is -0.497 e. The van der Waals surface area contributed by atoms with Gasteiger partial charge in [0.05, 0.1) is 12.8 Å². The van der Waals surface area contributed by atoms with E-state index in [1.807, 2.05) is 19.2 Å². The number of thiazole rings is 1. The average Bonchev–Trinajstić information content (AvgIpc) is 2.77. The molecule has 0 unspecified atom stereocenters. The minimum atomic E-state index is 0.904. The summed E-state index contributed by atoms with van der Waals surface area (Å²) in [6, 6.07) is 8.23. The van der Waals surface area contributed by atoms with Crippen molar-refractivity contribution in [2.24, 2.45) is 0 Å². The van der Waals surface area contributed by atoms with Gasteiger partial charge in [-0.15, -0.1) is 11.3 Å². The first-order valence-corrected chi connectivity index (χ1v) is 6.81. The SMILES string of the molecule is CNc1nc(CCc2ccc(OC)cc2)c(C)s1. The highest BCUT2D eigenvalue weighted by Gasteiger charge is 2.06. The first-order chi connectivity index (χ1) is 8.72. The lowest BCUT2D eigenvalue weighted by molar-refractivity contribution is 0.414. The highest BCUT2D eigenvalue weighted by Crippen LogP contribution is 2.23. The van der Waals surface area contributed by atoms with E-state index >= 15 is 0 Å². The molecular weight excluding hydrogens is 244 g/mol. The summed E-state index contributed by atoms with van der Waals surface area (Å²) in [5, 5.41) is 4.09. The molecule has 4 heteroatoms. The van der Waals surface area contributed by atoms with Crippen LogP contribution in [0.25, 0.3) is 0 Å². The fourth-order valence-electron chi connectivity index (χ4n) is 1.82. The lowest BCUT2D eigenvalue weighted by Crippen LogP contribution is -1.94. The number of benzene rings is 1. The zero-order valence-electron chi connectivity index (χ0n) is 11.0. The van der Waals surface area contributed by atoms with Crippen LogP contribution in [0.15, 0.2) is 24.3 Å². The molecular formula is C14H18N2OS. The van der Waals surface area contributed by atoms with Crippen LogP contribution in [0.1, 0.15) is 16.1 Å². The second-order valence-corrected chi connectivity index (χ2v) is 5.32. The highest BCUT2D eigenvalue weighted by atomic mass is 32.1. The summed E-state index contributed by atoms with van der Waals surface area (Å²) >= 11 is 1.71. The molecule has 0 spiro atoms. The molecule has 0 bridgehead atoms. The molecule has 1 N–H and O–H groups in total. The van der Waals surface area contributed by atoms with Gasteiger partial charge in [0.15, 0.2) is 5.13 Å². The molecule has 0 aliphatic heterocycles. The summed E-state index contributed by atoms with van der Waals surface area (Å²) in [6.07, 6.45) is 1.99. The van der Waals surface area contributed by atoms with Crippen LogP contribution >= 0.6 is 11.3 Å². The first kappa shape index (κ1) is 12.9. The molecule has 0 saturated carbocycles. The second-order valence-electron chi connectivity index (χ2n) is 4.12. The number of nitrogens with one attached hydrogen (secondary N) is 1. The molecule has 1 aromatic heterocycles. The van der Waals surface area contributed by atoms with Crippen molar-refractivity contribution < 1.29 is 4.74 Å². The molecule has 0 amide bonds. The average molecular weight is 262 g/mol. The van der Waals surface area contributed by atoms with Crippen molar-refractivity contribution in [1.29, 1.82) is 0 Å². The van der Waals surface area contributed by atoms with Crippen LogP contribution in [0.4, 0.5) is 5.13 Å². The Morgan fingerprint density at radius 1 is 1.22 bits per heavy atom. The van der Waals surface area contributed by atoms with Crippen LogP contribution in [-0.4, -0.2) is 19.1 Å². The van der Waals surface area contributed by atoms with E-state index < -0.39 is 0 Å². The zero-order valence-corrected chi connectivity index (χ0v) is 11.8. The molecule has 0 saturated heterocycles. The van der Waals surface area contributed by atoms with Gasteiger partial charge >= 0.3 is 0 Å². The van der Waals surface area contributed by atoms with Crippen LogP contribution in [0.5, 0.6) is 5.75 Å². The van der Waals surface area contributed by atoms with Gasteiger partial charge in [0.1, 0.15) is 5.75 Å². The largest absolute Gasteiger partial charge is 0.497 e. The summed E-state index contributed by atoms with van der Waals surface area (Å²) in [5.74, 6) is 0.904. The Labute approximate surface area is 112 Å². The van der Waals surface area contributed by atoms with Gasteiger partial charge in [-0.25, -0.2) is 4.98 Å². The molecule has 1 aromatic carbocycles. The van der Waals surface area contributed by atoms with Crippen molar-refractivity contribution in [3.8, 4) is 5.75 Å². The monoisotopic (exact) mass is 262 g/mol. The fraction of sp³-hybridized carbons (Fsp3) is 0.357. The molecule has 0 aliphatic rings. The summed E-state index contributed by atoms with van der Waals surface area (Å²) in [6.45, 7) is 2.13. The maximum atomic E-state index is 5.15. The van der Waals surface area contributed by atoms with E-state index in [-0.39, 0.29) is 0 Å². The third-order valence-electron chi connectivity index (χ3n) is 2.92. The van der Waals surface area contributed by atoms with Crippen molar-refractivity contribution in [3.63, 3.8) is 0 Å². The first-order valence-electron chi connectivity index (χ1n) is 6.00. The number of ether oxygens (including phenoxy) is 1. The number of hydrogen-bond donors (Lipinski definition) is 1. The van der Waals surface area contributed by atoms with Gasteiger partial charge in [0.2, 0.25) is 0 Å². The fourth-order valence-corrected chi connectivity index (χ4v) is 2.64. The number of aromatic nitrogens is 1. The number of anilines is 1. The highest BCUT2D eigenvalue weighted by molar-refractivity contribution is 7.15. The Kier molecular flexibility index (Phi) is 4.20. The van der Waals surface area contributed by atoms with E-state index in [1.165, 1.54) is 16.1 Å². The Hall–Kier alpha value is -1.55. The lowest BCUT2D eigenvalue weighted by atomic mass is 10.1. The third kappa shape index (κ3) is 3.01. The van der Waals surface area contributed by atoms with Crippen LogP contribution in [0.3, 0.4) is 0 Å². The molecule has 1 heterocycles. The topological polar surface area (TPSA) is 34.2 Å². The van der Waals surface area contributed by atoms with Crippen molar-refractivity contribution in [1.82, 2.24) is 4.98 Å². The molecule has 0 aliphatic carbocycles. The van der Waals surface area contributed by atoms with Gasteiger partial charge in [-0.1, -0.05) is 12.1 Å². The number of nitrogens with zero attached hydrogens (tertiary/aromatic N) is 1. The van der Waals surface area contributed by atoms with E-state index in [4.69, 9.17) is 4.74 Å². The van der Waals surface area contributed by atoms with Crippen molar-refractivity contribution >= 4 is 16.5 Å². The van der Waals surface area contributed by atoms with Crippen LogP contribution in [-0.2, 0) is 12.8 Å². The Balaban J connectivity index is 1.99. The van der Waals surface area contributed by atoms with Gasteiger partial charge in [-0.2, -0.15) is 0 Å². The molecule has 96 valence electrons.